The molecule has 1 aromatic rings. The summed E-state index contributed by atoms with van der Waals surface area (Å²) in [7, 11) is 0. The van der Waals surface area contributed by atoms with Gasteiger partial charge < -0.3 is 50.0 Å². The van der Waals surface area contributed by atoms with Crippen LogP contribution < -0.4 is 5.48 Å². The number of nitrogens with one attached hydrogen (secondary N) is 1. The first-order chi connectivity index (χ1) is 16.2. The molecule has 190 valence electrons. The van der Waals surface area contributed by atoms with E-state index in [1.54, 1.807) is 30.3 Å². The van der Waals surface area contributed by atoms with Crippen LogP contribution in [0, 0.1) is 0 Å². The van der Waals surface area contributed by atoms with Gasteiger partial charge >= 0.3 is 0 Å². The van der Waals surface area contributed by atoms with Gasteiger partial charge in [0, 0.05) is 5.56 Å². The Morgan fingerprint density at radius 1 is 0.941 bits per heavy atom. The fraction of sp³-hybridized carbons (Fsp3) is 0.571. The highest BCUT2D eigenvalue weighted by Crippen LogP contribution is 2.28. The Morgan fingerprint density at radius 2 is 1.62 bits per heavy atom. The minimum absolute atomic E-state index is 0.287. The van der Waals surface area contributed by atoms with E-state index in [4.69, 9.17) is 19.0 Å². The van der Waals surface area contributed by atoms with Crippen LogP contribution in [0.3, 0.4) is 0 Å². The Balaban J connectivity index is 1.60. The zero-order valence-corrected chi connectivity index (χ0v) is 18.0. The first-order valence-corrected chi connectivity index (χ1v) is 10.5. The van der Waals surface area contributed by atoms with E-state index in [-0.39, 0.29) is 5.56 Å². The largest absolute Gasteiger partial charge is 0.394 e. The predicted molar refractivity (Wildman–Crippen MR) is 111 cm³/mol. The SMILES string of the molecule is C=Cc1ccc(C(=O)NOC[C@H]2O[C@@H](O[C@H]3[C@H](O)[C@@H](O)[C@@H](O)O[C@@H]3CO)[C@H](O)[C@@H](O)[C@H]2O)cc1. The number of hydrogen-bond acceptors (Lipinski definition) is 12. The number of carbonyl (C=O) groups is 1. The van der Waals surface area contributed by atoms with E-state index in [0.717, 1.165) is 5.56 Å². The highest BCUT2D eigenvalue weighted by atomic mass is 16.7. The standard InChI is InChI=1S/C21H29NO12/c1-2-9-3-5-10(6-4-9)19(29)22-31-8-12-13(24)14(25)17(28)21(33-12)34-18-11(7-23)32-20(30)16(27)15(18)26/h2-6,11-18,20-21,23-28,30H,1,7-8H2,(H,22,29)/t11-,12-,13+,14+,15-,16-,17-,18-,20+,21+/m1/s1. The molecule has 2 aliphatic rings. The van der Waals surface area contributed by atoms with Crippen LogP contribution in [0.5, 0.6) is 0 Å². The Hall–Kier alpha value is -2.01. The average molecular weight is 487 g/mol. The molecular weight excluding hydrogens is 458 g/mol. The van der Waals surface area contributed by atoms with Gasteiger partial charge in [0.1, 0.15) is 55.4 Å². The number of aliphatic hydroxyl groups excluding tert-OH is 7. The fourth-order valence-corrected chi connectivity index (χ4v) is 3.58. The van der Waals surface area contributed by atoms with Gasteiger partial charge in [-0.3, -0.25) is 9.63 Å². The normalized spacial score (nSPS) is 38.3. The van der Waals surface area contributed by atoms with E-state index < -0.39 is 80.5 Å². The quantitative estimate of drug-likeness (QED) is 0.169. The van der Waals surface area contributed by atoms with Crippen molar-refractivity contribution in [2.75, 3.05) is 13.2 Å². The molecule has 1 amide bonds. The van der Waals surface area contributed by atoms with E-state index in [2.05, 4.69) is 12.1 Å². The second-order valence-electron chi connectivity index (χ2n) is 7.91. The molecule has 0 aromatic heterocycles. The Bertz CT molecular complexity index is 820. The molecule has 34 heavy (non-hydrogen) atoms. The van der Waals surface area contributed by atoms with Crippen molar-refractivity contribution in [2.24, 2.45) is 0 Å². The van der Waals surface area contributed by atoms with Gasteiger partial charge in [0.25, 0.3) is 5.91 Å². The van der Waals surface area contributed by atoms with Gasteiger partial charge in [-0.25, -0.2) is 5.48 Å². The third-order valence-corrected chi connectivity index (χ3v) is 5.62. The second kappa shape index (κ2) is 11.6. The monoisotopic (exact) mass is 487 g/mol. The maximum atomic E-state index is 12.2. The molecule has 8 N–H and O–H groups in total. The molecule has 13 heteroatoms. The van der Waals surface area contributed by atoms with Gasteiger partial charge in [-0.15, -0.1) is 0 Å². The zero-order chi connectivity index (χ0) is 25.0. The summed E-state index contributed by atoms with van der Waals surface area (Å²) in [5.74, 6) is -0.588. The maximum Gasteiger partial charge on any atom is 0.274 e. The molecule has 0 radical (unpaired) electrons. The van der Waals surface area contributed by atoms with Crippen molar-refractivity contribution in [3.63, 3.8) is 0 Å². The molecule has 0 spiro atoms. The lowest BCUT2D eigenvalue weighted by molar-refractivity contribution is -0.356. The van der Waals surface area contributed by atoms with Crippen molar-refractivity contribution >= 4 is 12.0 Å². The fourth-order valence-electron chi connectivity index (χ4n) is 3.58. The molecule has 2 heterocycles. The Morgan fingerprint density at radius 3 is 2.24 bits per heavy atom. The predicted octanol–water partition coefficient (Wildman–Crippen LogP) is -3.38. The minimum atomic E-state index is -1.79. The van der Waals surface area contributed by atoms with Gasteiger partial charge in [-0.1, -0.05) is 24.8 Å². The van der Waals surface area contributed by atoms with Crippen LogP contribution in [0.25, 0.3) is 6.08 Å². The summed E-state index contributed by atoms with van der Waals surface area (Å²) in [5.41, 5.74) is 3.27. The van der Waals surface area contributed by atoms with Crippen molar-refractivity contribution in [3.05, 3.63) is 42.0 Å². The third-order valence-electron chi connectivity index (χ3n) is 5.62. The molecule has 13 nitrogen and oxygen atoms in total. The first-order valence-electron chi connectivity index (χ1n) is 10.5. The second-order valence-corrected chi connectivity index (χ2v) is 7.91. The number of benzene rings is 1. The van der Waals surface area contributed by atoms with E-state index in [1.807, 2.05) is 0 Å². The van der Waals surface area contributed by atoms with Crippen molar-refractivity contribution in [2.45, 2.75) is 61.4 Å². The number of rotatable bonds is 8. The number of aliphatic hydroxyl groups is 7. The van der Waals surface area contributed by atoms with E-state index >= 15 is 0 Å². The molecular formula is C21H29NO12. The van der Waals surface area contributed by atoms with Crippen LogP contribution >= 0.6 is 0 Å². The molecule has 2 saturated heterocycles. The summed E-state index contributed by atoms with van der Waals surface area (Å²) in [5, 5.41) is 69.7. The Kier molecular flexibility index (Phi) is 9.08. The van der Waals surface area contributed by atoms with Crippen LogP contribution in [0.15, 0.2) is 30.8 Å². The molecule has 0 unspecified atom stereocenters. The van der Waals surface area contributed by atoms with Crippen molar-refractivity contribution in [1.29, 1.82) is 0 Å². The summed E-state index contributed by atoms with van der Waals surface area (Å²) in [6.07, 6.45) is -14.6. The smallest absolute Gasteiger partial charge is 0.274 e. The Labute approximate surface area is 194 Å². The van der Waals surface area contributed by atoms with Crippen molar-refractivity contribution < 1.29 is 59.6 Å². The summed E-state index contributed by atoms with van der Waals surface area (Å²) in [6, 6.07) is 6.45. The number of amides is 1. The van der Waals surface area contributed by atoms with Crippen molar-refractivity contribution in [1.82, 2.24) is 5.48 Å². The van der Waals surface area contributed by atoms with Crippen LogP contribution in [-0.2, 0) is 19.0 Å². The van der Waals surface area contributed by atoms with Crippen LogP contribution in [0.4, 0.5) is 0 Å². The van der Waals surface area contributed by atoms with E-state index in [9.17, 15) is 40.5 Å². The lowest BCUT2D eigenvalue weighted by Gasteiger charge is -2.45. The molecule has 10 atom stereocenters. The van der Waals surface area contributed by atoms with Gasteiger partial charge in [-0.05, 0) is 17.7 Å². The molecule has 2 aliphatic heterocycles. The molecule has 0 bridgehead atoms. The summed E-state index contributed by atoms with van der Waals surface area (Å²) in [4.78, 5) is 17.3. The molecule has 2 fully saturated rings. The van der Waals surface area contributed by atoms with E-state index in [1.165, 1.54) is 0 Å². The third kappa shape index (κ3) is 5.79. The number of ether oxygens (including phenoxy) is 3. The average Bonchev–Trinajstić information content (AvgIpc) is 2.85. The lowest BCUT2D eigenvalue weighted by Crippen LogP contribution is -2.64. The molecule has 1 aromatic carbocycles. The lowest BCUT2D eigenvalue weighted by atomic mass is 9.97. The van der Waals surface area contributed by atoms with Gasteiger partial charge in [-0.2, -0.15) is 0 Å². The van der Waals surface area contributed by atoms with Crippen LogP contribution in [0.1, 0.15) is 15.9 Å². The highest BCUT2D eigenvalue weighted by molar-refractivity contribution is 5.93. The van der Waals surface area contributed by atoms with Gasteiger partial charge in [0.2, 0.25) is 0 Å². The van der Waals surface area contributed by atoms with E-state index in [0.29, 0.717) is 0 Å². The highest BCUT2D eigenvalue weighted by Gasteiger charge is 2.50. The topological polar surface area (TPSA) is 208 Å². The number of carbonyl (C=O) groups excluding carboxylic acids is 1. The maximum absolute atomic E-state index is 12.2. The summed E-state index contributed by atoms with van der Waals surface area (Å²) >= 11 is 0. The summed E-state index contributed by atoms with van der Waals surface area (Å²) in [6.45, 7) is 2.44. The van der Waals surface area contributed by atoms with Gasteiger partial charge in [0.05, 0.1) is 6.61 Å². The van der Waals surface area contributed by atoms with Crippen LogP contribution in [-0.4, -0.2) is 116 Å². The molecule has 0 aliphatic carbocycles. The minimum Gasteiger partial charge on any atom is -0.394 e. The first kappa shape index (κ1) is 26.6. The van der Waals surface area contributed by atoms with Crippen LogP contribution in [0.2, 0.25) is 0 Å². The number of hydroxylamine groups is 1. The number of hydrogen-bond donors (Lipinski definition) is 8. The zero-order valence-electron chi connectivity index (χ0n) is 18.0. The van der Waals surface area contributed by atoms with Gasteiger partial charge in [0.15, 0.2) is 12.6 Å². The summed E-state index contributed by atoms with van der Waals surface area (Å²) < 4.78 is 15.9. The van der Waals surface area contributed by atoms with Crippen molar-refractivity contribution in [3.8, 4) is 0 Å². The molecule has 3 rings (SSSR count). The molecule has 0 saturated carbocycles.